The lowest BCUT2D eigenvalue weighted by Crippen LogP contribution is -2.42. The van der Waals surface area contributed by atoms with Gasteiger partial charge >= 0.3 is 0 Å². The van der Waals surface area contributed by atoms with Gasteiger partial charge in [-0.15, -0.1) is 0 Å². The monoisotopic (exact) mass is 309 g/mol. The second-order valence-corrected chi connectivity index (χ2v) is 6.28. The molecule has 1 aliphatic rings. The average Bonchev–Trinajstić information content (AvgIpc) is 2.88. The van der Waals surface area contributed by atoms with E-state index in [0.29, 0.717) is 11.7 Å². The Morgan fingerprint density at radius 1 is 1.48 bits per heavy atom. The maximum Gasteiger partial charge on any atom is 0.262 e. The van der Waals surface area contributed by atoms with E-state index in [0.717, 1.165) is 25.7 Å². The van der Waals surface area contributed by atoms with Gasteiger partial charge in [-0.1, -0.05) is 42.6 Å². The molecule has 0 radical (unpaired) electrons. The number of nitrogens with zero attached hydrogens (tertiary/aromatic N) is 2. The first kappa shape index (κ1) is 14.5. The van der Waals surface area contributed by atoms with Gasteiger partial charge in [0, 0.05) is 0 Å². The molecule has 21 heavy (non-hydrogen) atoms. The van der Waals surface area contributed by atoms with Crippen molar-refractivity contribution in [1.82, 2.24) is 10.1 Å². The topological polar surface area (TPSA) is 64.9 Å². The van der Waals surface area contributed by atoms with Crippen molar-refractivity contribution in [2.75, 3.05) is 0 Å². The maximum atomic E-state index is 13.9. The summed E-state index contributed by atoms with van der Waals surface area (Å²) < 4.78 is 19.1. The van der Waals surface area contributed by atoms with Gasteiger partial charge in [0.2, 0.25) is 0 Å². The molecule has 1 aromatic carbocycles. The molecule has 2 N–H and O–H groups in total. The summed E-state index contributed by atoms with van der Waals surface area (Å²) in [5.41, 5.74) is 5.96. The summed E-state index contributed by atoms with van der Waals surface area (Å²) >= 11 is 6.02. The predicted molar refractivity (Wildman–Crippen MR) is 78.2 cm³/mol. The molecule has 6 heteroatoms. The quantitative estimate of drug-likeness (QED) is 0.914. The normalized spacial score (nSPS) is 26.0. The van der Waals surface area contributed by atoms with Gasteiger partial charge in [-0.25, -0.2) is 4.39 Å². The lowest BCUT2D eigenvalue weighted by molar-refractivity contribution is 0.222. The zero-order valence-electron chi connectivity index (χ0n) is 11.8. The summed E-state index contributed by atoms with van der Waals surface area (Å²) in [6, 6.07) is 4.43. The van der Waals surface area contributed by atoms with Crippen molar-refractivity contribution >= 4 is 11.6 Å². The molecular formula is C15H17ClFN3O. The minimum absolute atomic E-state index is 0.0798. The lowest BCUT2D eigenvalue weighted by Gasteiger charge is -2.33. The molecule has 1 saturated carbocycles. The smallest absolute Gasteiger partial charge is 0.262 e. The third-order valence-corrected chi connectivity index (χ3v) is 4.40. The highest BCUT2D eigenvalue weighted by atomic mass is 35.5. The first-order valence-electron chi connectivity index (χ1n) is 7.07. The highest BCUT2D eigenvalue weighted by molar-refractivity contribution is 6.33. The van der Waals surface area contributed by atoms with Gasteiger partial charge in [0.25, 0.3) is 5.89 Å². The largest absolute Gasteiger partial charge is 0.334 e. The summed E-state index contributed by atoms with van der Waals surface area (Å²) in [5, 5.41) is 4.21. The molecule has 1 aliphatic carbocycles. The summed E-state index contributed by atoms with van der Waals surface area (Å²) in [6.07, 6.45) is 3.79. The highest BCUT2D eigenvalue weighted by Crippen LogP contribution is 2.38. The van der Waals surface area contributed by atoms with Crippen LogP contribution in [0.1, 0.15) is 38.4 Å². The Bertz CT molecular complexity index is 640. The Morgan fingerprint density at radius 3 is 3.00 bits per heavy atom. The molecule has 2 aromatic rings. The third-order valence-electron chi connectivity index (χ3n) is 4.08. The maximum absolute atomic E-state index is 13.9. The number of aromatic nitrogens is 2. The van der Waals surface area contributed by atoms with Crippen LogP contribution in [-0.2, 0) is 5.54 Å². The Balaban J connectivity index is 1.97. The summed E-state index contributed by atoms with van der Waals surface area (Å²) in [4.78, 5) is 4.30. The van der Waals surface area contributed by atoms with E-state index in [1.54, 1.807) is 6.07 Å². The van der Waals surface area contributed by atoms with Gasteiger partial charge in [0.1, 0.15) is 5.82 Å². The van der Waals surface area contributed by atoms with Crippen molar-refractivity contribution in [3.63, 3.8) is 0 Å². The van der Waals surface area contributed by atoms with Crippen molar-refractivity contribution in [3.8, 4) is 11.5 Å². The predicted octanol–water partition coefficient (Wildman–Crippen LogP) is 3.89. The van der Waals surface area contributed by atoms with Gasteiger partial charge < -0.3 is 10.3 Å². The van der Waals surface area contributed by atoms with Crippen LogP contribution < -0.4 is 5.73 Å². The van der Waals surface area contributed by atoms with E-state index in [2.05, 4.69) is 17.1 Å². The number of nitrogens with two attached hydrogens (primary N) is 1. The fourth-order valence-corrected chi connectivity index (χ4v) is 3.27. The van der Waals surface area contributed by atoms with Crippen molar-refractivity contribution in [1.29, 1.82) is 0 Å². The molecule has 1 fully saturated rings. The molecule has 112 valence electrons. The van der Waals surface area contributed by atoms with E-state index in [-0.39, 0.29) is 16.5 Å². The molecule has 2 atom stereocenters. The van der Waals surface area contributed by atoms with Gasteiger partial charge in [-0.05, 0) is 30.9 Å². The van der Waals surface area contributed by atoms with E-state index >= 15 is 0 Å². The minimum Gasteiger partial charge on any atom is -0.334 e. The van der Waals surface area contributed by atoms with Gasteiger partial charge in [-0.3, -0.25) is 0 Å². The van der Waals surface area contributed by atoms with Crippen LogP contribution in [0, 0.1) is 11.7 Å². The summed E-state index contributed by atoms with van der Waals surface area (Å²) in [7, 11) is 0. The van der Waals surface area contributed by atoms with Crippen LogP contribution in [0.25, 0.3) is 11.5 Å². The standard InChI is InChI=1S/C15H17ClFN3O/c1-9-4-3-7-15(18,8-9)14-19-13(21-20-14)12-10(16)5-2-6-11(12)17/h2,5-6,9H,3-4,7-8,18H2,1H3. The van der Waals surface area contributed by atoms with E-state index in [4.69, 9.17) is 21.9 Å². The van der Waals surface area contributed by atoms with E-state index in [9.17, 15) is 4.39 Å². The molecule has 1 aromatic heterocycles. The third kappa shape index (κ3) is 2.68. The van der Waals surface area contributed by atoms with Crippen molar-refractivity contribution in [3.05, 3.63) is 34.9 Å². The van der Waals surface area contributed by atoms with Crippen LogP contribution in [0.4, 0.5) is 4.39 Å². The average molecular weight is 310 g/mol. The van der Waals surface area contributed by atoms with E-state index in [1.165, 1.54) is 12.1 Å². The first-order chi connectivity index (χ1) is 9.99. The van der Waals surface area contributed by atoms with Gasteiger partial charge in [0.15, 0.2) is 5.82 Å². The first-order valence-corrected chi connectivity index (χ1v) is 7.45. The molecule has 1 heterocycles. The van der Waals surface area contributed by atoms with Crippen LogP contribution in [0.5, 0.6) is 0 Å². The molecular weight excluding hydrogens is 293 g/mol. The Kier molecular flexibility index (Phi) is 3.71. The number of benzene rings is 1. The number of halogens is 2. The summed E-state index contributed by atoms with van der Waals surface area (Å²) in [5.74, 6) is 0.544. The van der Waals surface area contributed by atoms with Crippen LogP contribution in [0.2, 0.25) is 5.02 Å². The molecule has 3 rings (SSSR count). The van der Waals surface area contributed by atoms with Crippen LogP contribution in [0.15, 0.2) is 22.7 Å². The summed E-state index contributed by atoms with van der Waals surface area (Å²) in [6.45, 7) is 2.16. The number of hydrogen-bond donors (Lipinski definition) is 1. The van der Waals surface area contributed by atoms with Crippen molar-refractivity contribution in [2.24, 2.45) is 11.7 Å². The van der Waals surface area contributed by atoms with Crippen molar-refractivity contribution in [2.45, 2.75) is 38.1 Å². The Labute approximate surface area is 127 Å². The van der Waals surface area contributed by atoms with E-state index < -0.39 is 11.4 Å². The lowest BCUT2D eigenvalue weighted by atomic mass is 9.76. The fraction of sp³-hybridized carbons (Fsp3) is 0.467. The Hall–Kier alpha value is -1.46. The van der Waals surface area contributed by atoms with Crippen molar-refractivity contribution < 1.29 is 8.91 Å². The second kappa shape index (κ2) is 5.39. The molecule has 2 unspecified atom stereocenters. The second-order valence-electron chi connectivity index (χ2n) is 5.88. The molecule has 0 bridgehead atoms. The minimum atomic E-state index is -0.600. The molecule has 0 aliphatic heterocycles. The fourth-order valence-electron chi connectivity index (χ4n) is 3.02. The van der Waals surface area contributed by atoms with E-state index in [1.807, 2.05) is 0 Å². The highest BCUT2D eigenvalue weighted by Gasteiger charge is 2.37. The molecule has 4 nitrogen and oxygen atoms in total. The molecule has 0 amide bonds. The van der Waals surface area contributed by atoms with Gasteiger partial charge in [-0.2, -0.15) is 4.98 Å². The molecule has 0 spiro atoms. The van der Waals surface area contributed by atoms with Gasteiger partial charge in [0.05, 0.1) is 16.1 Å². The molecule has 0 saturated heterocycles. The zero-order chi connectivity index (χ0) is 15.0. The van der Waals surface area contributed by atoms with Crippen LogP contribution in [-0.4, -0.2) is 10.1 Å². The SMILES string of the molecule is CC1CCCC(N)(c2noc(-c3c(F)cccc3Cl)n2)C1. The Morgan fingerprint density at radius 2 is 2.29 bits per heavy atom. The number of rotatable bonds is 2. The number of hydrogen-bond acceptors (Lipinski definition) is 4. The van der Waals surface area contributed by atoms with Crippen LogP contribution in [0.3, 0.4) is 0 Å². The zero-order valence-corrected chi connectivity index (χ0v) is 12.5. The van der Waals surface area contributed by atoms with Crippen LogP contribution >= 0.6 is 11.6 Å².